The Morgan fingerprint density at radius 1 is 1.26 bits per heavy atom. The molecule has 1 aromatic rings. The van der Waals surface area contributed by atoms with Crippen molar-refractivity contribution in [3.05, 3.63) is 18.2 Å². The first-order chi connectivity index (χ1) is 8.88. The third-order valence-electron chi connectivity index (χ3n) is 2.86. The predicted octanol–water partition coefficient (Wildman–Crippen LogP) is 1.35. The van der Waals surface area contributed by atoms with Gasteiger partial charge in [0.25, 0.3) is 0 Å². The number of benzene rings is 1. The molecular formula is C12H21N3O2S2. The molecule has 4 N–H and O–H groups in total. The number of hydrogen-bond donors (Lipinski definition) is 2. The summed E-state index contributed by atoms with van der Waals surface area (Å²) in [6.07, 6.45) is 0. The van der Waals surface area contributed by atoms with Gasteiger partial charge >= 0.3 is 0 Å². The molecular weight excluding hydrogens is 282 g/mol. The van der Waals surface area contributed by atoms with Gasteiger partial charge in [0.15, 0.2) is 0 Å². The summed E-state index contributed by atoms with van der Waals surface area (Å²) in [6, 6.07) is 4.86. The minimum atomic E-state index is -3.73. The van der Waals surface area contributed by atoms with Crippen molar-refractivity contribution in [2.45, 2.75) is 23.6 Å². The Bertz CT molecular complexity index is 514. The number of primary sulfonamides is 1. The molecule has 0 aliphatic carbocycles. The van der Waals surface area contributed by atoms with E-state index in [1.165, 1.54) is 6.07 Å². The molecule has 19 heavy (non-hydrogen) atoms. The number of sulfonamides is 1. The zero-order chi connectivity index (χ0) is 14.5. The van der Waals surface area contributed by atoms with Gasteiger partial charge in [-0.1, -0.05) is 13.8 Å². The summed E-state index contributed by atoms with van der Waals surface area (Å²) in [6.45, 7) is 7.32. The van der Waals surface area contributed by atoms with Crippen molar-refractivity contribution in [1.29, 1.82) is 0 Å². The van der Waals surface area contributed by atoms with E-state index in [1.54, 1.807) is 23.9 Å². The number of nitrogens with zero attached hydrogens (tertiary/aromatic N) is 1. The number of thioether (sulfide) groups is 1. The van der Waals surface area contributed by atoms with Crippen LogP contribution in [0.5, 0.6) is 0 Å². The lowest BCUT2D eigenvalue weighted by atomic mass is 10.3. The highest BCUT2D eigenvalue weighted by atomic mass is 32.2. The summed E-state index contributed by atoms with van der Waals surface area (Å²) >= 11 is 1.66. The van der Waals surface area contributed by atoms with Crippen molar-refractivity contribution in [2.24, 2.45) is 5.14 Å². The zero-order valence-corrected chi connectivity index (χ0v) is 12.9. The van der Waals surface area contributed by atoms with Crippen LogP contribution in [0.4, 0.5) is 5.69 Å². The molecule has 0 aliphatic heterocycles. The molecule has 0 saturated heterocycles. The molecule has 7 heteroatoms. The zero-order valence-electron chi connectivity index (χ0n) is 11.3. The molecule has 5 nitrogen and oxygen atoms in total. The van der Waals surface area contributed by atoms with Gasteiger partial charge in [-0.15, -0.1) is 11.8 Å². The highest BCUT2D eigenvalue weighted by molar-refractivity contribution is 7.99. The van der Waals surface area contributed by atoms with Crippen LogP contribution in [-0.2, 0) is 10.0 Å². The van der Waals surface area contributed by atoms with E-state index in [9.17, 15) is 8.42 Å². The average Bonchev–Trinajstić information content (AvgIpc) is 2.33. The molecule has 0 radical (unpaired) electrons. The first kappa shape index (κ1) is 16.3. The lowest BCUT2D eigenvalue weighted by Crippen LogP contribution is -2.25. The fraction of sp³-hybridized carbons (Fsp3) is 0.500. The van der Waals surface area contributed by atoms with Crippen molar-refractivity contribution >= 4 is 27.5 Å². The summed E-state index contributed by atoms with van der Waals surface area (Å²) in [4.78, 5) is 3.27. The maximum absolute atomic E-state index is 11.2. The van der Waals surface area contributed by atoms with Crippen LogP contribution in [0.1, 0.15) is 13.8 Å². The summed E-state index contributed by atoms with van der Waals surface area (Å²) in [5.74, 6) is 0.940. The van der Waals surface area contributed by atoms with Gasteiger partial charge in [0, 0.05) is 17.2 Å². The number of hydrogen-bond acceptors (Lipinski definition) is 5. The number of rotatable bonds is 7. The Morgan fingerprint density at radius 2 is 1.89 bits per heavy atom. The molecule has 0 unspecified atom stereocenters. The Balaban J connectivity index is 2.65. The van der Waals surface area contributed by atoms with Crippen LogP contribution in [0.25, 0.3) is 0 Å². The second kappa shape index (κ2) is 7.14. The van der Waals surface area contributed by atoms with E-state index in [0.717, 1.165) is 30.3 Å². The third kappa shape index (κ3) is 5.02. The van der Waals surface area contributed by atoms with E-state index in [4.69, 9.17) is 10.9 Å². The van der Waals surface area contributed by atoms with Gasteiger partial charge in [0.1, 0.15) is 4.90 Å². The Labute approximate surface area is 119 Å². The maximum atomic E-state index is 11.2. The molecule has 1 aromatic carbocycles. The van der Waals surface area contributed by atoms with Gasteiger partial charge < -0.3 is 10.6 Å². The first-order valence-corrected chi connectivity index (χ1v) is 8.69. The third-order valence-corrected chi connectivity index (χ3v) is 4.82. The van der Waals surface area contributed by atoms with Gasteiger partial charge in [-0.25, -0.2) is 13.6 Å². The molecule has 0 saturated carbocycles. The van der Waals surface area contributed by atoms with Gasteiger partial charge in [-0.3, -0.25) is 0 Å². The van der Waals surface area contributed by atoms with E-state index in [2.05, 4.69) is 18.7 Å². The molecule has 0 bridgehead atoms. The van der Waals surface area contributed by atoms with Crippen molar-refractivity contribution in [3.63, 3.8) is 0 Å². The van der Waals surface area contributed by atoms with Crippen LogP contribution < -0.4 is 10.9 Å². The van der Waals surface area contributed by atoms with Gasteiger partial charge in [-0.05, 0) is 31.3 Å². The van der Waals surface area contributed by atoms with Crippen LogP contribution in [0.15, 0.2) is 28.0 Å². The lowest BCUT2D eigenvalue weighted by Gasteiger charge is -2.17. The topological polar surface area (TPSA) is 89.4 Å². The molecule has 0 aliphatic rings. The van der Waals surface area contributed by atoms with E-state index >= 15 is 0 Å². The molecule has 1 rings (SSSR count). The second-order valence-electron chi connectivity index (χ2n) is 4.12. The molecule has 0 spiro atoms. The van der Waals surface area contributed by atoms with Crippen LogP contribution in [0, 0.1) is 0 Å². The summed E-state index contributed by atoms with van der Waals surface area (Å²) in [5.41, 5.74) is 5.91. The van der Waals surface area contributed by atoms with E-state index < -0.39 is 10.0 Å². The van der Waals surface area contributed by atoms with Crippen molar-refractivity contribution in [1.82, 2.24) is 4.90 Å². The average molecular weight is 303 g/mol. The van der Waals surface area contributed by atoms with Crippen molar-refractivity contribution < 1.29 is 8.42 Å². The van der Waals surface area contributed by atoms with E-state index in [0.29, 0.717) is 0 Å². The van der Waals surface area contributed by atoms with Crippen LogP contribution in [0.2, 0.25) is 0 Å². The van der Waals surface area contributed by atoms with Gasteiger partial charge in [-0.2, -0.15) is 0 Å². The summed E-state index contributed by atoms with van der Waals surface area (Å²) in [7, 11) is -3.73. The molecule has 0 aromatic heterocycles. The number of nitrogen functional groups attached to an aromatic ring is 1. The normalized spacial score (nSPS) is 12.0. The van der Waals surface area contributed by atoms with Crippen LogP contribution in [-0.4, -0.2) is 38.7 Å². The number of anilines is 1. The first-order valence-electron chi connectivity index (χ1n) is 6.16. The number of nitrogens with two attached hydrogens (primary N) is 2. The SMILES string of the molecule is CCN(CC)CCSc1ccc(S(N)(=O)=O)c(N)c1. The summed E-state index contributed by atoms with van der Waals surface area (Å²) in [5, 5.41) is 5.06. The smallest absolute Gasteiger partial charge is 0.240 e. The van der Waals surface area contributed by atoms with Crippen molar-refractivity contribution in [3.8, 4) is 0 Å². The molecule has 0 fully saturated rings. The fourth-order valence-corrected chi connectivity index (χ4v) is 3.31. The molecule has 0 heterocycles. The Hall–Kier alpha value is -0.760. The predicted molar refractivity (Wildman–Crippen MR) is 80.7 cm³/mol. The van der Waals surface area contributed by atoms with E-state index in [1.807, 2.05) is 0 Å². The molecule has 108 valence electrons. The Morgan fingerprint density at radius 3 is 2.37 bits per heavy atom. The van der Waals surface area contributed by atoms with Crippen molar-refractivity contribution in [2.75, 3.05) is 31.1 Å². The van der Waals surface area contributed by atoms with Gasteiger partial charge in [0.2, 0.25) is 10.0 Å². The largest absolute Gasteiger partial charge is 0.398 e. The summed E-state index contributed by atoms with van der Waals surface area (Å²) < 4.78 is 22.5. The Kier molecular flexibility index (Phi) is 6.12. The highest BCUT2D eigenvalue weighted by Gasteiger charge is 2.12. The van der Waals surface area contributed by atoms with Crippen LogP contribution in [0.3, 0.4) is 0 Å². The maximum Gasteiger partial charge on any atom is 0.240 e. The van der Waals surface area contributed by atoms with E-state index in [-0.39, 0.29) is 10.6 Å². The van der Waals surface area contributed by atoms with Gasteiger partial charge in [0.05, 0.1) is 5.69 Å². The molecule has 0 amide bonds. The fourth-order valence-electron chi connectivity index (χ4n) is 1.71. The minimum absolute atomic E-state index is 0.0133. The quantitative estimate of drug-likeness (QED) is 0.586. The monoisotopic (exact) mass is 303 g/mol. The minimum Gasteiger partial charge on any atom is -0.398 e. The molecule has 0 atom stereocenters. The highest BCUT2D eigenvalue weighted by Crippen LogP contribution is 2.25. The second-order valence-corrected chi connectivity index (χ2v) is 6.82. The van der Waals surface area contributed by atoms with Crippen LogP contribution >= 0.6 is 11.8 Å². The standard InChI is InChI=1S/C12H21N3O2S2/c1-3-15(4-2)7-8-18-10-5-6-12(11(13)9-10)19(14,16)17/h5-6,9H,3-4,7-8,13H2,1-2H3,(H2,14,16,17). The lowest BCUT2D eigenvalue weighted by molar-refractivity contribution is 0.324.